The number of benzene rings is 1. The molecule has 1 aromatic rings. The summed E-state index contributed by atoms with van der Waals surface area (Å²) in [7, 11) is 0. The van der Waals surface area contributed by atoms with Gasteiger partial charge in [0.2, 0.25) is 0 Å². The minimum Gasteiger partial charge on any atom is -0.490 e. The first-order valence-electron chi connectivity index (χ1n) is 8.20. The van der Waals surface area contributed by atoms with Crippen LogP contribution in [0.5, 0.6) is 11.5 Å². The molecule has 1 saturated carbocycles. The maximum atomic E-state index is 11.0. The Kier molecular flexibility index (Phi) is 7.96. The molecule has 0 aromatic heterocycles. The molecule has 0 aliphatic heterocycles. The molecule has 126 valence electrons. The molecule has 1 aliphatic carbocycles. The van der Waals surface area contributed by atoms with Crippen LogP contribution in [0.1, 0.15) is 47.5 Å². The number of ketones is 1. The zero-order chi connectivity index (χ0) is 16.5. The smallest absolute Gasteiger partial charge is 0.167 e. The van der Waals surface area contributed by atoms with Gasteiger partial charge in [-0.05, 0) is 50.9 Å². The Balaban J connectivity index is 0.00000155. The fraction of sp³-hybridized carbons (Fsp3) is 0.611. The Hall–Kier alpha value is -1.55. The van der Waals surface area contributed by atoms with Crippen molar-refractivity contribution < 1.29 is 15.7 Å². The van der Waals surface area contributed by atoms with Crippen molar-refractivity contribution in [2.45, 2.75) is 59.6 Å². The van der Waals surface area contributed by atoms with Crippen molar-refractivity contribution in [3.05, 3.63) is 23.8 Å². The summed E-state index contributed by atoms with van der Waals surface area (Å²) in [4.78, 5) is 11.0. The Bertz CT molecular complexity index is 473. The third kappa shape index (κ3) is 6.06. The highest BCUT2D eigenvalue weighted by Crippen LogP contribution is 2.29. The van der Waals surface area contributed by atoms with Crippen LogP contribution in [0.3, 0.4) is 0 Å². The first-order valence-corrected chi connectivity index (χ1v) is 8.20. The molecule has 0 bridgehead atoms. The average Bonchev–Trinajstić information content (AvgIpc) is 2.44. The average molecular weight is 309 g/mol. The lowest BCUT2D eigenvalue weighted by Gasteiger charge is -2.35. The van der Waals surface area contributed by atoms with E-state index in [2.05, 4.69) is 12.2 Å². The van der Waals surface area contributed by atoms with Gasteiger partial charge in [-0.3, -0.25) is 4.79 Å². The van der Waals surface area contributed by atoms with Crippen molar-refractivity contribution in [1.82, 2.24) is 5.32 Å². The lowest BCUT2D eigenvalue weighted by Crippen LogP contribution is -2.46. The molecule has 0 amide bonds. The Morgan fingerprint density at radius 3 is 2.50 bits per heavy atom. The van der Waals surface area contributed by atoms with E-state index in [9.17, 15) is 4.79 Å². The van der Waals surface area contributed by atoms with E-state index < -0.39 is 0 Å². The molecule has 1 aliphatic rings. The van der Waals surface area contributed by atoms with E-state index in [1.807, 2.05) is 39.0 Å². The van der Waals surface area contributed by atoms with Crippen molar-refractivity contribution in [2.75, 3.05) is 13.2 Å². The van der Waals surface area contributed by atoms with Crippen molar-refractivity contribution in [3.8, 4) is 11.5 Å². The van der Waals surface area contributed by atoms with E-state index in [0.29, 0.717) is 11.8 Å². The van der Waals surface area contributed by atoms with Crippen LogP contribution in [-0.2, 0) is 4.79 Å². The summed E-state index contributed by atoms with van der Waals surface area (Å²) in [6.45, 7) is 10.7. The van der Waals surface area contributed by atoms with Gasteiger partial charge in [0.1, 0.15) is 24.2 Å². The van der Waals surface area contributed by atoms with Gasteiger partial charge in [-0.2, -0.15) is 0 Å². The molecule has 4 heteroatoms. The highest BCUT2D eigenvalue weighted by molar-refractivity contribution is 5.77. The number of nitrogens with one attached hydrogen (secondary N) is 1. The number of rotatable bonds is 7. The van der Waals surface area contributed by atoms with Gasteiger partial charge in [0.25, 0.3) is 0 Å². The summed E-state index contributed by atoms with van der Waals surface area (Å²) in [5, 5.41) is 3.41. The zero-order valence-corrected chi connectivity index (χ0v) is 14.4. The summed E-state index contributed by atoms with van der Waals surface area (Å²) in [5.74, 6) is 1.53. The standard InChI is InChI=1S/C16H23NO3.C2H6.H2/c1-4-17-13-7-16(8-13)20-15-6-11(2)5-14(9-15)19-10-12(3)18;1-2;/h5-6,9,13,16-17H,4,7-8,10H2,1-3H3;1-2H3;1H. The largest absolute Gasteiger partial charge is 0.490 e. The van der Waals surface area contributed by atoms with Crippen LogP contribution in [0, 0.1) is 6.92 Å². The van der Waals surface area contributed by atoms with E-state index in [-0.39, 0.29) is 19.9 Å². The first-order chi connectivity index (χ1) is 10.6. The number of carbonyl (C=O) groups excluding carboxylic acids is 1. The van der Waals surface area contributed by atoms with Crippen molar-refractivity contribution in [2.24, 2.45) is 0 Å². The topological polar surface area (TPSA) is 47.6 Å². The van der Waals surface area contributed by atoms with Crippen molar-refractivity contribution in [3.63, 3.8) is 0 Å². The third-order valence-corrected chi connectivity index (χ3v) is 3.36. The first kappa shape index (κ1) is 18.5. The molecule has 1 aromatic carbocycles. The summed E-state index contributed by atoms with van der Waals surface area (Å²) in [5.41, 5.74) is 1.07. The summed E-state index contributed by atoms with van der Waals surface area (Å²) >= 11 is 0. The molecular weight excluding hydrogens is 278 g/mol. The van der Waals surface area contributed by atoms with Crippen LogP contribution in [0.15, 0.2) is 18.2 Å². The number of Topliss-reactive ketones (excluding diaryl/α,β-unsaturated/α-hetero) is 1. The summed E-state index contributed by atoms with van der Waals surface area (Å²) < 4.78 is 11.4. The normalized spacial score (nSPS) is 19.5. The highest BCUT2D eigenvalue weighted by Gasteiger charge is 2.30. The number of hydrogen-bond donors (Lipinski definition) is 1. The van der Waals surface area contributed by atoms with Crippen LogP contribution >= 0.6 is 0 Å². The molecule has 4 nitrogen and oxygen atoms in total. The van der Waals surface area contributed by atoms with Crippen molar-refractivity contribution >= 4 is 5.78 Å². The molecule has 0 heterocycles. The predicted octanol–water partition coefficient (Wildman–Crippen LogP) is 3.75. The lowest BCUT2D eigenvalue weighted by molar-refractivity contribution is -0.118. The Labute approximate surface area is 135 Å². The maximum Gasteiger partial charge on any atom is 0.167 e. The molecule has 1 N–H and O–H groups in total. The monoisotopic (exact) mass is 309 g/mol. The Morgan fingerprint density at radius 2 is 1.91 bits per heavy atom. The quantitative estimate of drug-likeness (QED) is 0.833. The summed E-state index contributed by atoms with van der Waals surface area (Å²) in [6.07, 6.45) is 2.37. The van der Waals surface area contributed by atoms with Gasteiger partial charge in [0.05, 0.1) is 0 Å². The second-order valence-electron chi connectivity index (χ2n) is 5.44. The number of hydrogen-bond acceptors (Lipinski definition) is 4. The van der Waals surface area contributed by atoms with Gasteiger partial charge in [-0.15, -0.1) is 0 Å². The molecule has 0 unspecified atom stereocenters. The van der Waals surface area contributed by atoms with Crippen LogP contribution in [0.4, 0.5) is 0 Å². The highest BCUT2D eigenvalue weighted by atomic mass is 16.5. The molecule has 1 fully saturated rings. The fourth-order valence-electron chi connectivity index (χ4n) is 2.36. The molecule has 0 spiro atoms. The van der Waals surface area contributed by atoms with Crippen LogP contribution < -0.4 is 14.8 Å². The minimum atomic E-state index is 0. The number of aryl methyl sites for hydroxylation is 1. The second-order valence-corrected chi connectivity index (χ2v) is 5.44. The third-order valence-electron chi connectivity index (χ3n) is 3.36. The maximum absolute atomic E-state index is 11.0. The van der Waals surface area contributed by atoms with Crippen LogP contribution in [-0.4, -0.2) is 31.1 Å². The van der Waals surface area contributed by atoms with Gasteiger partial charge in [-0.1, -0.05) is 20.8 Å². The van der Waals surface area contributed by atoms with E-state index in [1.165, 1.54) is 6.92 Å². The predicted molar refractivity (Wildman–Crippen MR) is 91.9 cm³/mol. The fourth-order valence-corrected chi connectivity index (χ4v) is 2.36. The van der Waals surface area contributed by atoms with E-state index >= 15 is 0 Å². The van der Waals surface area contributed by atoms with E-state index in [0.717, 1.165) is 30.7 Å². The van der Waals surface area contributed by atoms with Gasteiger partial charge in [-0.25, -0.2) is 0 Å². The molecular formula is C18H31NO3. The number of carbonyl (C=O) groups is 1. The van der Waals surface area contributed by atoms with Crippen LogP contribution in [0.2, 0.25) is 0 Å². The van der Waals surface area contributed by atoms with Gasteiger partial charge in [0.15, 0.2) is 5.78 Å². The van der Waals surface area contributed by atoms with Crippen molar-refractivity contribution in [1.29, 1.82) is 0 Å². The molecule has 22 heavy (non-hydrogen) atoms. The van der Waals surface area contributed by atoms with Gasteiger partial charge >= 0.3 is 0 Å². The van der Waals surface area contributed by atoms with Crippen LogP contribution in [0.25, 0.3) is 0 Å². The SMILES string of the molecule is CC.CCNC1CC(Oc2cc(C)cc(OCC(C)=O)c2)C1.[HH]. The molecule has 2 rings (SSSR count). The zero-order valence-electron chi connectivity index (χ0n) is 14.4. The molecule has 0 saturated heterocycles. The summed E-state index contributed by atoms with van der Waals surface area (Å²) in [6, 6.07) is 6.36. The minimum absolute atomic E-state index is 0. The lowest BCUT2D eigenvalue weighted by atomic mass is 9.89. The van der Waals surface area contributed by atoms with Gasteiger partial charge in [0, 0.05) is 13.5 Å². The van der Waals surface area contributed by atoms with Gasteiger partial charge < -0.3 is 14.8 Å². The van der Waals surface area contributed by atoms with E-state index in [1.54, 1.807) is 0 Å². The Morgan fingerprint density at radius 1 is 1.27 bits per heavy atom. The second kappa shape index (κ2) is 9.46. The number of ether oxygens (including phenoxy) is 2. The molecule has 0 atom stereocenters. The molecule has 0 radical (unpaired) electrons. The van der Waals surface area contributed by atoms with E-state index in [4.69, 9.17) is 9.47 Å².